The number of aryl methyl sites for hydroxylation is 1. The Kier molecular flexibility index (Phi) is 6.43. The summed E-state index contributed by atoms with van der Waals surface area (Å²) >= 11 is 1.13. The van der Waals surface area contributed by atoms with Gasteiger partial charge in [-0.15, -0.1) is 0 Å². The Morgan fingerprint density at radius 1 is 1.11 bits per heavy atom. The number of fused-ring (bicyclic) bond motifs is 1. The Bertz CT molecular complexity index is 1290. The molecule has 1 fully saturated rings. The van der Waals surface area contributed by atoms with Gasteiger partial charge in [-0.25, -0.2) is 0 Å². The Hall–Kier alpha value is -1.94. The van der Waals surface area contributed by atoms with E-state index in [2.05, 4.69) is 0 Å². The average Bonchev–Trinajstić information content (AvgIpc) is 3.19. The number of hydrogen-bond donors (Lipinski definition) is 0. The van der Waals surface area contributed by atoms with E-state index in [-0.39, 0.29) is 27.5 Å². The van der Waals surface area contributed by atoms with Gasteiger partial charge in [0.2, 0.25) is 11.6 Å². The molecule has 4 unspecified atom stereocenters. The second kappa shape index (κ2) is 8.55. The smallest absolute Gasteiger partial charge is 0.338 e. The molecule has 0 aliphatic heterocycles. The first kappa shape index (κ1) is 27.1. The highest BCUT2D eigenvalue weighted by molar-refractivity contribution is 8.13. The Morgan fingerprint density at radius 3 is 2.22 bits per heavy atom. The molecule has 0 aromatic heterocycles. The molecule has 4 aliphatic carbocycles. The minimum Gasteiger partial charge on any atom is -0.383 e. The number of methoxy groups -OCH3 is 2. The van der Waals surface area contributed by atoms with Crippen LogP contribution in [-0.4, -0.2) is 45.1 Å². The average molecular weight is 535 g/mol. The molecule has 36 heavy (non-hydrogen) atoms. The molecule has 0 amide bonds. The van der Waals surface area contributed by atoms with E-state index in [1.54, 1.807) is 32.9 Å². The highest BCUT2D eigenvalue weighted by Crippen LogP contribution is 2.77. The zero-order valence-corrected chi connectivity index (χ0v) is 23.7. The van der Waals surface area contributed by atoms with E-state index < -0.39 is 32.2 Å². The van der Waals surface area contributed by atoms with Gasteiger partial charge >= 0.3 is 10.1 Å². The van der Waals surface area contributed by atoms with E-state index >= 15 is 0 Å². The third-order valence-corrected chi connectivity index (χ3v) is 11.0. The van der Waals surface area contributed by atoms with Gasteiger partial charge in [-0.2, -0.15) is 8.42 Å². The van der Waals surface area contributed by atoms with Crippen molar-refractivity contribution < 1.29 is 31.7 Å². The number of rotatable bonds is 7. The van der Waals surface area contributed by atoms with E-state index in [1.807, 2.05) is 26.8 Å². The van der Waals surface area contributed by atoms with Crippen LogP contribution in [0.5, 0.6) is 0 Å². The first-order chi connectivity index (χ1) is 16.8. The van der Waals surface area contributed by atoms with E-state index in [0.717, 1.165) is 17.3 Å². The summed E-state index contributed by atoms with van der Waals surface area (Å²) < 4.78 is 45.0. The van der Waals surface area contributed by atoms with E-state index in [0.29, 0.717) is 23.3 Å². The Balaban J connectivity index is 2.10. The first-order valence-corrected chi connectivity index (χ1v) is 14.4. The summed E-state index contributed by atoms with van der Waals surface area (Å²) in [5.41, 5.74) is -2.17. The quantitative estimate of drug-likeness (QED) is 0.280. The predicted octanol–water partition coefficient (Wildman–Crippen LogP) is 4.80. The molecule has 1 aromatic rings. The first-order valence-electron chi connectivity index (χ1n) is 12.0. The number of benzene rings is 1. The summed E-state index contributed by atoms with van der Waals surface area (Å²) in [4.78, 5) is 28.4. The number of ketones is 1. The molecule has 1 spiro atoms. The number of allylic oxidation sites excluding steroid dienone is 3. The summed E-state index contributed by atoms with van der Waals surface area (Å²) in [5, 5.41) is -0.190. The lowest BCUT2D eigenvalue weighted by Crippen LogP contribution is -2.77. The summed E-state index contributed by atoms with van der Waals surface area (Å²) in [6.07, 6.45) is 2.52. The van der Waals surface area contributed by atoms with Gasteiger partial charge in [-0.05, 0) is 69.1 Å². The number of thioether (sulfide) groups is 1. The predicted molar refractivity (Wildman–Crippen MR) is 138 cm³/mol. The second-order valence-electron chi connectivity index (χ2n) is 10.2. The highest BCUT2D eigenvalue weighted by Gasteiger charge is 2.84. The number of carbonyl (C=O) groups excluding carboxylic acids is 2. The minimum atomic E-state index is -4.31. The van der Waals surface area contributed by atoms with Crippen molar-refractivity contribution >= 4 is 32.8 Å². The van der Waals surface area contributed by atoms with Crippen LogP contribution in [0.3, 0.4) is 0 Å². The van der Waals surface area contributed by atoms with E-state index in [9.17, 15) is 18.0 Å². The number of ether oxygens (including phenoxy) is 2. The number of Topliss-reactive ketones (excluding diaryl/α,β-unsaturated/α-hetero) is 1. The van der Waals surface area contributed by atoms with Crippen LogP contribution < -0.4 is 0 Å². The summed E-state index contributed by atoms with van der Waals surface area (Å²) in [5.74, 6) is -1.98. The Morgan fingerprint density at radius 2 is 1.69 bits per heavy atom. The fourth-order valence-electron chi connectivity index (χ4n) is 6.88. The lowest BCUT2D eigenvalue weighted by Gasteiger charge is -2.67. The largest absolute Gasteiger partial charge is 0.383 e. The van der Waals surface area contributed by atoms with Crippen LogP contribution in [0.15, 0.2) is 52.1 Å². The molecule has 2 bridgehead atoms. The van der Waals surface area contributed by atoms with Crippen molar-refractivity contribution in [3.8, 4) is 0 Å². The topological polar surface area (TPSA) is 96.0 Å². The van der Waals surface area contributed by atoms with E-state index in [1.165, 1.54) is 26.4 Å². The van der Waals surface area contributed by atoms with Crippen LogP contribution in [-0.2, 0) is 33.4 Å². The molecular formula is C27H34O7S2. The molecule has 0 heterocycles. The second-order valence-corrected chi connectivity index (χ2v) is 13.0. The fourth-order valence-corrected chi connectivity index (χ4v) is 8.82. The monoisotopic (exact) mass is 534 g/mol. The van der Waals surface area contributed by atoms with Crippen molar-refractivity contribution in [1.82, 2.24) is 0 Å². The summed E-state index contributed by atoms with van der Waals surface area (Å²) in [6.45, 7) is 10.8. The number of carbonyl (C=O) groups is 2. The molecule has 1 aromatic carbocycles. The highest BCUT2D eigenvalue weighted by atomic mass is 32.2. The van der Waals surface area contributed by atoms with Gasteiger partial charge < -0.3 is 13.7 Å². The third kappa shape index (κ3) is 2.91. The number of hydrogen-bond acceptors (Lipinski definition) is 8. The SMILES string of the molecule is CCSC(=O)C1(C)C2=CCC(C)C23C(=O)C(OC)(OC)C1(C)C(OS(=O)(=O)c1ccc(C)cc1)=C3C. The van der Waals surface area contributed by atoms with Gasteiger partial charge in [0, 0.05) is 14.2 Å². The van der Waals surface area contributed by atoms with E-state index in [4.69, 9.17) is 13.7 Å². The van der Waals surface area contributed by atoms with Crippen LogP contribution in [0.4, 0.5) is 0 Å². The lowest BCUT2D eigenvalue weighted by molar-refractivity contribution is -0.289. The third-order valence-electron chi connectivity index (χ3n) is 8.84. The van der Waals surface area contributed by atoms with Crippen LogP contribution >= 0.6 is 11.8 Å². The molecule has 5 rings (SSSR count). The maximum absolute atomic E-state index is 14.4. The standard InChI is InChI=1S/C27H34O7S2/c1-9-35-23(29)24(5)20-15-12-17(3)26(20)18(4)21(25(24,6)27(32-7,33-8)22(26)28)34-36(30,31)19-13-10-16(2)11-14-19/h10-11,13-15,17H,9,12H2,1-8H3. The normalized spacial score (nSPS) is 32.9. The van der Waals surface area contributed by atoms with Crippen LogP contribution in [0, 0.1) is 29.1 Å². The van der Waals surface area contributed by atoms with Crippen LogP contribution in [0.25, 0.3) is 0 Å². The van der Waals surface area contributed by atoms with Crippen molar-refractivity contribution in [3.63, 3.8) is 0 Å². The van der Waals surface area contributed by atoms with Gasteiger partial charge in [-0.1, -0.05) is 49.4 Å². The summed E-state index contributed by atoms with van der Waals surface area (Å²) in [7, 11) is -1.60. The molecule has 4 aliphatic rings. The van der Waals surface area contributed by atoms with Crippen molar-refractivity contribution in [3.05, 3.63) is 52.8 Å². The molecule has 196 valence electrons. The summed E-state index contributed by atoms with van der Waals surface area (Å²) in [6, 6.07) is 6.34. The minimum absolute atomic E-state index is 0.0195. The van der Waals surface area contributed by atoms with Crippen molar-refractivity contribution in [2.45, 2.75) is 58.6 Å². The molecule has 4 atom stereocenters. The molecule has 0 N–H and O–H groups in total. The van der Waals surface area contributed by atoms with Gasteiger partial charge in [0.25, 0.3) is 0 Å². The van der Waals surface area contributed by atoms with Crippen molar-refractivity contribution in [2.75, 3.05) is 20.0 Å². The maximum Gasteiger partial charge on any atom is 0.338 e. The molecule has 0 saturated heterocycles. The lowest BCUT2D eigenvalue weighted by atomic mass is 9.38. The van der Waals surface area contributed by atoms with Gasteiger partial charge in [0.05, 0.1) is 10.8 Å². The molecular weight excluding hydrogens is 500 g/mol. The van der Waals surface area contributed by atoms with Crippen molar-refractivity contribution in [2.24, 2.45) is 22.2 Å². The zero-order chi connectivity index (χ0) is 26.9. The van der Waals surface area contributed by atoms with Crippen LogP contribution in [0.2, 0.25) is 0 Å². The van der Waals surface area contributed by atoms with Gasteiger partial charge in [0.15, 0.2) is 5.12 Å². The van der Waals surface area contributed by atoms with Crippen LogP contribution in [0.1, 0.15) is 46.6 Å². The molecule has 7 nitrogen and oxygen atoms in total. The molecule has 9 heteroatoms. The van der Waals surface area contributed by atoms with Gasteiger partial charge in [-0.3, -0.25) is 9.59 Å². The van der Waals surface area contributed by atoms with Crippen molar-refractivity contribution in [1.29, 1.82) is 0 Å². The maximum atomic E-state index is 14.4. The Labute approximate surface area is 217 Å². The van der Waals surface area contributed by atoms with Gasteiger partial charge in [0.1, 0.15) is 16.1 Å². The fraction of sp³-hybridized carbons (Fsp3) is 0.556. The zero-order valence-electron chi connectivity index (χ0n) is 22.1. The molecule has 1 saturated carbocycles. The molecule has 0 radical (unpaired) electrons.